The minimum Gasteiger partial charge on any atom is -0.355 e. The number of carbonyl (C=O) groups is 6. The summed E-state index contributed by atoms with van der Waals surface area (Å²) >= 11 is 2.78. The van der Waals surface area contributed by atoms with Crippen LogP contribution in [0.4, 0.5) is 0 Å². The summed E-state index contributed by atoms with van der Waals surface area (Å²) in [6.07, 6.45) is 0. The van der Waals surface area contributed by atoms with Gasteiger partial charge in [0.1, 0.15) is 24.2 Å². The molecule has 4 rings (SSSR count). The largest absolute Gasteiger partial charge is 0.355 e. The standard InChI is InChI=1S/C36H50N8O6S2/c1-7-37-29(47)23(41-27(45)21-15-11-9-12-16-21)33-43-25(35(3,4)51-33)31(49)39-19-20-40-32(50)26-36(5,6)52-34(44-26)24(30(48)38-8-2)42-28(46)22-17-13-10-14-18-22/h9-18,23-26,33-34,43-44H,7-8,19-20H2,1-6H3,(H,37,47)(H,38,48)(H,39,49)(H,40,50)(H,41,45)(H,42,46)/t23-,24-,25+,26+,33-,34-/m1/s1. The molecule has 0 unspecified atom stereocenters. The van der Waals surface area contributed by atoms with E-state index in [-0.39, 0.29) is 36.7 Å². The number of nitrogens with one attached hydrogen (secondary N) is 8. The van der Waals surface area contributed by atoms with Crippen molar-refractivity contribution in [3.63, 3.8) is 0 Å². The predicted molar refractivity (Wildman–Crippen MR) is 204 cm³/mol. The van der Waals surface area contributed by atoms with E-state index in [9.17, 15) is 28.8 Å². The van der Waals surface area contributed by atoms with E-state index >= 15 is 0 Å². The molecule has 14 nitrogen and oxygen atoms in total. The summed E-state index contributed by atoms with van der Waals surface area (Å²) in [7, 11) is 0. The first-order chi connectivity index (χ1) is 24.7. The van der Waals surface area contributed by atoms with Crippen molar-refractivity contribution in [1.82, 2.24) is 42.5 Å². The number of thioether (sulfide) groups is 2. The maximum Gasteiger partial charge on any atom is 0.251 e. The molecule has 6 amide bonds. The topological polar surface area (TPSA) is 199 Å². The summed E-state index contributed by atoms with van der Waals surface area (Å²) in [5.41, 5.74) is 0.828. The first-order valence-electron chi connectivity index (χ1n) is 17.4. The van der Waals surface area contributed by atoms with Gasteiger partial charge < -0.3 is 31.9 Å². The summed E-state index contributed by atoms with van der Waals surface area (Å²) < 4.78 is -1.28. The van der Waals surface area contributed by atoms with Crippen molar-refractivity contribution < 1.29 is 28.8 Å². The third-order valence-electron chi connectivity index (χ3n) is 8.68. The Hall–Kier alpha value is -4.12. The quantitative estimate of drug-likeness (QED) is 0.120. The fraction of sp³-hybridized carbons (Fsp3) is 0.500. The van der Waals surface area contributed by atoms with E-state index in [1.807, 2.05) is 27.7 Å². The van der Waals surface area contributed by atoms with Gasteiger partial charge in [-0.05, 0) is 65.8 Å². The number of amides is 6. The van der Waals surface area contributed by atoms with Crippen LogP contribution in [0.5, 0.6) is 0 Å². The van der Waals surface area contributed by atoms with Gasteiger partial charge in [-0.25, -0.2) is 0 Å². The molecule has 2 heterocycles. The molecule has 6 atom stereocenters. The van der Waals surface area contributed by atoms with Crippen molar-refractivity contribution in [2.45, 2.75) is 86.0 Å². The number of likely N-dealkylation sites (N-methyl/N-ethyl adjacent to an activating group) is 2. The zero-order valence-corrected chi connectivity index (χ0v) is 32.0. The smallest absolute Gasteiger partial charge is 0.251 e. The lowest BCUT2D eigenvalue weighted by atomic mass is 10.0. The SMILES string of the molecule is CCNC(=O)[C@@H](NC(=O)c1ccccc1)[C@@H]1N[C@@H](C(=O)NCCNC(=O)[C@@H]2N[C@@H]([C@H](NC(=O)c3ccccc3)C(=O)NCC)SC2(C)C)C(C)(C)S1. The molecule has 0 bridgehead atoms. The molecule has 0 radical (unpaired) electrons. The Balaban J connectivity index is 1.32. The van der Waals surface area contributed by atoms with Crippen LogP contribution in [-0.4, -0.2) is 106 Å². The number of carbonyl (C=O) groups excluding carboxylic acids is 6. The number of benzene rings is 2. The van der Waals surface area contributed by atoms with Crippen LogP contribution >= 0.6 is 23.5 Å². The van der Waals surface area contributed by atoms with Crippen molar-refractivity contribution in [1.29, 1.82) is 0 Å². The highest BCUT2D eigenvalue weighted by Crippen LogP contribution is 2.40. The third kappa shape index (κ3) is 10.3. The third-order valence-corrected chi connectivity index (χ3v) is 11.7. The van der Waals surface area contributed by atoms with E-state index in [1.54, 1.807) is 74.5 Å². The maximum atomic E-state index is 13.4. The van der Waals surface area contributed by atoms with E-state index in [2.05, 4.69) is 42.5 Å². The van der Waals surface area contributed by atoms with E-state index in [4.69, 9.17) is 0 Å². The maximum absolute atomic E-state index is 13.4. The highest BCUT2D eigenvalue weighted by molar-refractivity contribution is 8.01. The highest BCUT2D eigenvalue weighted by atomic mass is 32.2. The van der Waals surface area contributed by atoms with Gasteiger partial charge in [0.25, 0.3) is 11.8 Å². The van der Waals surface area contributed by atoms with Crippen molar-refractivity contribution in [3.8, 4) is 0 Å². The zero-order chi connectivity index (χ0) is 38.1. The molecule has 8 N–H and O–H groups in total. The predicted octanol–water partition coefficient (Wildman–Crippen LogP) is 0.708. The fourth-order valence-corrected chi connectivity index (χ4v) is 9.02. The molecule has 0 saturated carbocycles. The molecule has 2 aliphatic heterocycles. The lowest BCUT2D eigenvalue weighted by Crippen LogP contribution is -2.58. The molecule has 0 spiro atoms. The van der Waals surface area contributed by atoms with Crippen LogP contribution in [0, 0.1) is 0 Å². The summed E-state index contributed by atoms with van der Waals surface area (Å²) in [6, 6.07) is 13.9. The van der Waals surface area contributed by atoms with Crippen LogP contribution in [0.1, 0.15) is 62.3 Å². The normalized spacial score (nSPS) is 22.7. The van der Waals surface area contributed by atoms with Gasteiger partial charge in [-0.2, -0.15) is 0 Å². The van der Waals surface area contributed by atoms with Gasteiger partial charge in [-0.15, -0.1) is 23.5 Å². The Bertz CT molecular complexity index is 1480. The monoisotopic (exact) mass is 754 g/mol. The molecule has 2 fully saturated rings. The summed E-state index contributed by atoms with van der Waals surface area (Å²) in [5.74, 6) is -2.16. The van der Waals surface area contributed by atoms with Crippen LogP contribution in [0.3, 0.4) is 0 Å². The fourth-order valence-electron chi connectivity index (χ4n) is 6.03. The molecule has 2 aromatic carbocycles. The molecule has 52 heavy (non-hydrogen) atoms. The van der Waals surface area contributed by atoms with Crippen molar-refractivity contribution >= 4 is 59.0 Å². The number of hydrogen-bond donors (Lipinski definition) is 8. The lowest BCUT2D eigenvalue weighted by Gasteiger charge is -2.25. The first-order valence-corrected chi connectivity index (χ1v) is 19.1. The van der Waals surface area contributed by atoms with Crippen LogP contribution in [-0.2, 0) is 19.2 Å². The van der Waals surface area contributed by atoms with Crippen molar-refractivity contribution in [2.75, 3.05) is 26.2 Å². The van der Waals surface area contributed by atoms with Crippen LogP contribution in [0.15, 0.2) is 60.7 Å². The summed E-state index contributed by atoms with van der Waals surface area (Å²) in [4.78, 5) is 79.0. The second-order valence-electron chi connectivity index (χ2n) is 13.5. The van der Waals surface area contributed by atoms with Crippen molar-refractivity contribution in [3.05, 3.63) is 71.8 Å². The van der Waals surface area contributed by atoms with Crippen LogP contribution in [0.25, 0.3) is 0 Å². The van der Waals surface area contributed by atoms with Gasteiger partial charge in [-0.3, -0.25) is 39.4 Å². The molecular weight excluding hydrogens is 705 g/mol. The number of rotatable bonds is 15. The Labute approximate surface area is 313 Å². The molecule has 0 aromatic heterocycles. The summed E-state index contributed by atoms with van der Waals surface area (Å²) in [5, 5.41) is 22.3. The first kappa shape index (κ1) is 40.6. The van der Waals surface area contributed by atoms with E-state index in [1.165, 1.54) is 23.5 Å². The van der Waals surface area contributed by atoms with Gasteiger partial charge >= 0.3 is 0 Å². The Morgan fingerprint density at radius 2 is 0.942 bits per heavy atom. The molecule has 16 heteroatoms. The Morgan fingerprint density at radius 1 is 0.596 bits per heavy atom. The minimum atomic E-state index is -0.947. The molecule has 2 saturated heterocycles. The van der Waals surface area contributed by atoms with Gasteiger partial charge in [0.05, 0.1) is 10.7 Å². The average molecular weight is 755 g/mol. The zero-order valence-electron chi connectivity index (χ0n) is 30.3. The molecular formula is C36H50N8O6S2. The minimum absolute atomic E-state index is 0.136. The summed E-state index contributed by atoms with van der Waals surface area (Å²) in [6.45, 7) is 12.2. The van der Waals surface area contributed by atoms with E-state index in [0.29, 0.717) is 24.2 Å². The van der Waals surface area contributed by atoms with E-state index < -0.39 is 56.2 Å². The highest BCUT2D eigenvalue weighted by Gasteiger charge is 2.50. The van der Waals surface area contributed by atoms with Gasteiger partial charge in [-0.1, -0.05) is 36.4 Å². The van der Waals surface area contributed by atoms with Crippen LogP contribution < -0.4 is 42.5 Å². The average Bonchev–Trinajstić information content (AvgIpc) is 3.62. The number of hydrogen-bond acceptors (Lipinski definition) is 10. The second kappa shape index (κ2) is 18.1. The van der Waals surface area contributed by atoms with Gasteiger partial charge in [0, 0.05) is 46.8 Å². The molecule has 2 aromatic rings. The lowest BCUT2D eigenvalue weighted by molar-refractivity contribution is -0.126. The van der Waals surface area contributed by atoms with E-state index in [0.717, 1.165) is 0 Å². The molecule has 2 aliphatic rings. The van der Waals surface area contributed by atoms with Crippen molar-refractivity contribution in [2.24, 2.45) is 0 Å². The van der Waals surface area contributed by atoms with Crippen LogP contribution in [0.2, 0.25) is 0 Å². The Kier molecular flexibility index (Phi) is 14.1. The Morgan fingerprint density at radius 3 is 1.27 bits per heavy atom. The van der Waals surface area contributed by atoms with Gasteiger partial charge in [0.2, 0.25) is 23.6 Å². The van der Waals surface area contributed by atoms with Gasteiger partial charge in [0.15, 0.2) is 0 Å². The molecule has 282 valence electrons. The second-order valence-corrected chi connectivity index (χ2v) is 17.1. The molecule has 0 aliphatic carbocycles.